The maximum absolute atomic E-state index is 4.39. The average molecular weight is 275 g/mol. The molecule has 2 heterocycles. The van der Waals surface area contributed by atoms with Gasteiger partial charge in [-0.25, -0.2) is 4.98 Å². The monoisotopic (exact) mass is 275 g/mol. The van der Waals surface area contributed by atoms with Crippen molar-refractivity contribution in [3.8, 4) is 0 Å². The van der Waals surface area contributed by atoms with Crippen LogP contribution in [0, 0.1) is 10.6 Å². The second-order valence-electron chi connectivity index (χ2n) is 2.37. The largest absolute Gasteiger partial charge is 0.241 e. The fraction of sp³-hybridized carbons (Fsp3) is 0.125. The van der Waals surface area contributed by atoms with Crippen LogP contribution in [0.15, 0.2) is 18.2 Å². The van der Waals surface area contributed by atoms with E-state index < -0.39 is 0 Å². The van der Waals surface area contributed by atoms with Crippen LogP contribution >= 0.6 is 33.9 Å². The molecule has 0 N–H and O–H groups in total. The van der Waals surface area contributed by atoms with Crippen LogP contribution in [-0.2, 0) is 0 Å². The first-order valence-corrected chi connectivity index (χ1v) is 5.18. The summed E-state index contributed by atoms with van der Waals surface area (Å²) in [6, 6.07) is 6.29. The van der Waals surface area contributed by atoms with E-state index in [9.17, 15) is 0 Å². The molecule has 0 radical (unpaired) electrons. The number of aryl methyl sites for hydroxylation is 1. The van der Waals surface area contributed by atoms with Gasteiger partial charge in [-0.1, -0.05) is 0 Å². The molecule has 11 heavy (non-hydrogen) atoms. The van der Waals surface area contributed by atoms with Gasteiger partial charge in [-0.05, 0) is 47.7 Å². The lowest BCUT2D eigenvalue weighted by Gasteiger charge is -1.87. The van der Waals surface area contributed by atoms with E-state index in [4.69, 9.17) is 0 Å². The average Bonchev–Trinajstić information content (AvgIpc) is 2.27. The van der Waals surface area contributed by atoms with E-state index in [-0.39, 0.29) is 0 Å². The Hall–Kier alpha value is -0.160. The number of hydrogen-bond acceptors (Lipinski definition) is 2. The van der Waals surface area contributed by atoms with Gasteiger partial charge in [-0.15, -0.1) is 11.3 Å². The first kappa shape index (κ1) is 7.49. The fourth-order valence-corrected chi connectivity index (χ4v) is 2.32. The molecule has 0 bridgehead atoms. The number of rotatable bonds is 0. The van der Waals surface area contributed by atoms with Crippen LogP contribution in [0.4, 0.5) is 0 Å². The number of thiophene rings is 1. The number of aromatic nitrogens is 1. The summed E-state index contributed by atoms with van der Waals surface area (Å²) in [5.41, 5.74) is 1.12. The van der Waals surface area contributed by atoms with Crippen LogP contribution < -0.4 is 0 Å². The van der Waals surface area contributed by atoms with Gasteiger partial charge < -0.3 is 0 Å². The summed E-state index contributed by atoms with van der Waals surface area (Å²) in [6.07, 6.45) is 0. The number of hydrogen-bond donors (Lipinski definition) is 0. The second kappa shape index (κ2) is 2.71. The van der Waals surface area contributed by atoms with Crippen molar-refractivity contribution >= 4 is 44.1 Å². The topological polar surface area (TPSA) is 12.9 Å². The SMILES string of the molecule is Cc1cc2nc(I)ccc2s1. The second-order valence-corrected chi connectivity index (χ2v) is 4.77. The normalized spacial score (nSPS) is 10.7. The molecule has 3 heteroatoms. The number of fused-ring (bicyclic) bond motifs is 1. The summed E-state index contributed by atoms with van der Waals surface area (Å²) in [7, 11) is 0. The van der Waals surface area contributed by atoms with Crippen molar-refractivity contribution in [3.63, 3.8) is 0 Å². The Labute approximate surface area is 82.6 Å². The molecule has 0 aromatic carbocycles. The molecular weight excluding hydrogens is 269 g/mol. The van der Waals surface area contributed by atoms with E-state index in [2.05, 4.69) is 46.6 Å². The molecule has 1 nitrogen and oxygen atoms in total. The molecule has 0 saturated heterocycles. The Kier molecular flexibility index (Phi) is 1.85. The lowest BCUT2D eigenvalue weighted by molar-refractivity contribution is 1.36. The minimum absolute atomic E-state index is 1.06. The van der Waals surface area contributed by atoms with Crippen molar-refractivity contribution < 1.29 is 0 Å². The summed E-state index contributed by atoms with van der Waals surface area (Å²) in [5.74, 6) is 0. The van der Waals surface area contributed by atoms with Gasteiger partial charge in [-0.2, -0.15) is 0 Å². The summed E-state index contributed by atoms with van der Waals surface area (Å²) in [6.45, 7) is 2.11. The molecule has 0 aliphatic rings. The molecule has 0 spiro atoms. The van der Waals surface area contributed by atoms with Crippen LogP contribution in [0.3, 0.4) is 0 Å². The number of halogens is 1. The third-order valence-electron chi connectivity index (χ3n) is 1.46. The molecule has 0 aliphatic heterocycles. The van der Waals surface area contributed by atoms with Crippen LogP contribution in [0.2, 0.25) is 0 Å². The molecule has 56 valence electrons. The van der Waals surface area contributed by atoms with Crippen LogP contribution in [0.25, 0.3) is 10.2 Å². The highest BCUT2D eigenvalue weighted by Gasteiger charge is 1.98. The molecule has 0 atom stereocenters. The van der Waals surface area contributed by atoms with E-state index in [1.807, 2.05) is 6.07 Å². The van der Waals surface area contributed by atoms with Crippen LogP contribution in [-0.4, -0.2) is 4.98 Å². The number of nitrogens with zero attached hydrogens (tertiary/aromatic N) is 1. The summed E-state index contributed by atoms with van der Waals surface area (Å²) in [5, 5.41) is 0. The lowest BCUT2D eigenvalue weighted by Crippen LogP contribution is -1.76. The Morgan fingerprint density at radius 2 is 2.27 bits per heavy atom. The zero-order valence-electron chi connectivity index (χ0n) is 5.97. The van der Waals surface area contributed by atoms with Crippen molar-refractivity contribution in [2.24, 2.45) is 0 Å². The Bertz CT molecular complexity index is 394. The summed E-state index contributed by atoms with van der Waals surface area (Å²) >= 11 is 4.03. The Balaban J connectivity index is 2.82. The number of pyridine rings is 1. The van der Waals surface area contributed by atoms with Crippen molar-refractivity contribution in [3.05, 3.63) is 26.8 Å². The molecule has 0 unspecified atom stereocenters. The Morgan fingerprint density at radius 1 is 1.45 bits per heavy atom. The molecule has 0 saturated carbocycles. The van der Waals surface area contributed by atoms with Crippen LogP contribution in [0.1, 0.15) is 4.88 Å². The molecule has 2 rings (SSSR count). The quantitative estimate of drug-likeness (QED) is 0.531. The van der Waals surface area contributed by atoms with Gasteiger partial charge in [0, 0.05) is 4.88 Å². The highest BCUT2D eigenvalue weighted by Crippen LogP contribution is 2.23. The minimum atomic E-state index is 1.06. The highest BCUT2D eigenvalue weighted by molar-refractivity contribution is 14.1. The van der Waals surface area contributed by atoms with Crippen molar-refractivity contribution in [2.45, 2.75) is 6.92 Å². The lowest BCUT2D eigenvalue weighted by atomic mass is 10.4. The maximum Gasteiger partial charge on any atom is 0.102 e. The van der Waals surface area contributed by atoms with Gasteiger partial charge in [0.2, 0.25) is 0 Å². The molecule has 0 aliphatic carbocycles. The third-order valence-corrected chi connectivity index (χ3v) is 3.07. The van der Waals surface area contributed by atoms with Crippen molar-refractivity contribution in [2.75, 3.05) is 0 Å². The van der Waals surface area contributed by atoms with Gasteiger partial charge in [0.25, 0.3) is 0 Å². The van der Waals surface area contributed by atoms with Gasteiger partial charge in [0.15, 0.2) is 0 Å². The summed E-state index contributed by atoms with van der Waals surface area (Å²) in [4.78, 5) is 5.72. The standard InChI is InChI=1S/C8H6INS/c1-5-4-6-7(11-5)2-3-8(9)10-6/h2-4H,1H3. The van der Waals surface area contributed by atoms with Crippen molar-refractivity contribution in [1.82, 2.24) is 4.98 Å². The molecule has 0 amide bonds. The zero-order chi connectivity index (χ0) is 7.84. The predicted molar refractivity (Wildman–Crippen MR) is 57.1 cm³/mol. The van der Waals surface area contributed by atoms with Gasteiger partial charge in [0.05, 0.1) is 10.2 Å². The van der Waals surface area contributed by atoms with Crippen LogP contribution in [0.5, 0.6) is 0 Å². The molecular formula is C8H6INS. The van der Waals surface area contributed by atoms with E-state index in [0.717, 1.165) is 9.22 Å². The smallest absolute Gasteiger partial charge is 0.102 e. The predicted octanol–water partition coefficient (Wildman–Crippen LogP) is 3.21. The van der Waals surface area contributed by atoms with E-state index in [0.29, 0.717) is 0 Å². The van der Waals surface area contributed by atoms with Gasteiger partial charge in [-0.3, -0.25) is 0 Å². The first-order chi connectivity index (χ1) is 5.25. The molecule has 2 aromatic heterocycles. The third kappa shape index (κ3) is 1.39. The maximum atomic E-state index is 4.39. The van der Waals surface area contributed by atoms with Crippen molar-refractivity contribution in [1.29, 1.82) is 0 Å². The fourth-order valence-electron chi connectivity index (χ4n) is 1.02. The molecule has 0 fully saturated rings. The van der Waals surface area contributed by atoms with E-state index >= 15 is 0 Å². The zero-order valence-corrected chi connectivity index (χ0v) is 8.94. The first-order valence-electron chi connectivity index (χ1n) is 3.28. The van der Waals surface area contributed by atoms with Gasteiger partial charge in [0.1, 0.15) is 3.70 Å². The van der Waals surface area contributed by atoms with E-state index in [1.165, 1.54) is 9.58 Å². The molecule has 2 aromatic rings. The highest BCUT2D eigenvalue weighted by atomic mass is 127. The Morgan fingerprint density at radius 3 is 3.09 bits per heavy atom. The minimum Gasteiger partial charge on any atom is -0.241 e. The van der Waals surface area contributed by atoms with Gasteiger partial charge >= 0.3 is 0 Å². The van der Waals surface area contributed by atoms with E-state index in [1.54, 1.807) is 11.3 Å². The summed E-state index contributed by atoms with van der Waals surface area (Å²) < 4.78 is 2.34.